The molecule has 0 unspecified atom stereocenters. The number of nitrogens with zero attached hydrogens (tertiary/aromatic N) is 2. The Morgan fingerprint density at radius 1 is 1.17 bits per heavy atom. The van der Waals surface area contributed by atoms with Crippen molar-refractivity contribution in [2.75, 3.05) is 20.1 Å². The number of benzene rings is 2. The van der Waals surface area contributed by atoms with Crippen LogP contribution in [0.3, 0.4) is 0 Å². The second-order valence-electron chi connectivity index (χ2n) is 6.30. The number of likely N-dealkylation sites (N-methyl/N-ethyl adjacent to an activating group) is 1. The SMILES string of the molecule is CN(C(=O)O)[C@@H]1CN(Cc2ccccc2)C[C@H]1c1ccc(F)cc1. The lowest BCUT2D eigenvalue weighted by Crippen LogP contribution is -2.40. The summed E-state index contributed by atoms with van der Waals surface area (Å²) in [5, 5.41) is 9.37. The van der Waals surface area contributed by atoms with Gasteiger partial charge in [-0.05, 0) is 23.3 Å². The van der Waals surface area contributed by atoms with Crippen molar-refractivity contribution in [3.8, 4) is 0 Å². The molecular formula is C19H21FN2O2. The Hall–Kier alpha value is -2.40. The highest BCUT2D eigenvalue weighted by atomic mass is 19.1. The molecule has 2 aromatic rings. The number of amides is 1. The van der Waals surface area contributed by atoms with E-state index in [0.717, 1.165) is 18.7 Å². The molecule has 0 bridgehead atoms. The van der Waals surface area contributed by atoms with Gasteiger partial charge in [-0.2, -0.15) is 0 Å². The second kappa shape index (κ2) is 7.01. The van der Waals surface area contributed by atoms with Crippen molar-refractivity contribution < 1.29 is 14.3 Å². The maximum absolute atomic E-state index is 13.2. The molecule has 5 heteroatoms. The number of halogens is 1. The van der Waals surface area contributed by atoms with E-state index in [2.05, 4.69) is 17.0 Å². The van der Waals surface area contributed by atoms with Crippen molar-refractivity contribution in [1.82, 2.24) is 9.80 Å². The van der Waals surface area contributed by atoms with E-state index in [-0.39, 0.29) is 17.8 Å². The highest BCUT2D eigenvalue weighted by Crippen LogP contribution is 2.31. The molecule has 1 saturated heterocycles. The Morgan fingerprint density at radius 3 is 2.46 bits per heavy atom. The predicted molar refractivity (Wildman–Crippen MR) is 90.4 cm³/mol. The van der Waals surface area contributed by atoms with E-state index in [4.69, 9.17) is 0 Å². The monoisotopic (exact) mass is 328 g/mol. The van der Waals surface area contributed by atoms with E-state index < -0.39 is 6.09 Å². The number of hydrogen-bond acceptors (Lipinski definition) is 2. The van der Waals surface area contributed by atoms with E-state index in [9.17, 15) is 14.3 Å². The molecular weight excluding hydrogens is 307 g/mol. The van der Waals surface area contributed by atoms with Gasteiger partial charge in [0.05, 0.1) is 6.04 Å². The zero-order valence-electron chi connectivity index (χ0n) is 13.6. The van der Waals surface area contributed by atoms with Gasteiger partial charge in [-0.3, -0.25) is 4.90 Å². The predicted octanol–water partition coefficient (Wildman–Crippen LogP) is 3.40. The van der Waals surface area contributed by atoms with Gasteiger partial charge in [0.1, 0.15) is 5.82 Å². The van der Waals surface area contributed by atoms with Crippen LogP contribution < -0.4 is 0 Å². The Labute approximate surface area is 141 Å². The van der Waals surface area contributed by atoms with Crippen molar-refractivity contribution in [2.24, 2.45) is 0 Å². The summed E-state index contributed by atoms with van der Waals surface area (Å²) in [4.78, 5) is 15.1. The van der Waals surface area contributed by atoms with Crippen molar-refractivity contribution >= 4 is 6.09 Å². The summed E-state index contributed by atoms with van der Waals surface area (Å²) in [6.07, 6.45) is -0.936. The molecule has 3 rings (SSSR count). The van der Waals surface area contributed by atoms with E-state index in [0.29, 0.717) is 6.54 Å². The minimum Gasteiger partial charge on any atom is -0.465 e. The summed E-state index contributed by atoms with van der Waals surface area (Å²) in [6, 6.07) is 16.4. The zero-order valence-corrected chi connectivity index (χ0v) is 13.6. The molecule has 2 aromatic carbocycles. The number of hydrogen-bond donors (Lipinski definition) is 1. The molecule has 1 fully saturated rings. The maximum atomic E-state index is 13.2. The Kier molecular flexibility index (Phi) is 4.81. The third-order valence-corrected chi connectivity index (χ3v) is 4.71. The van der Waals surface area contributed by atoms with Crippen LogP contribution in [0, 0.1) is 5.82 Å². The summed E-state index contributed by atoms with van der Waals surface area (Å²) in [5.41, 5.74) is 2.18. The molecule has 24 heavy (non-hydrogen) atoms. The van der Waals surface area contributed by atoms with Crippen LogP contribution >= 0.6 is 0 Å². The maximum Gasteiger partial charge on any atom is 0.407 e. The molecule has 0 saturated carbocycles. The van der Waals surface area contributed by atoms with Crippen LogP contribution in [-0.4, -0.2) is 47.2 Å². The summed E-state index contributed by atoms with van der Waals surface area (Å²) >= 11 is 0. The summed E-state index contributed by atoms with van der Waals surface area (Å²) in [6.45, 7) is 2.20. The normalized spacial score (nSPS) is 20.9. The average Bonchev–Trinajstić information content (AvgIpc) is 2.99. The summed E-state index contributed by atoms with van der Waals surface area (Å²) in [5.74, 6) is -0.239. The van der Waals surface area contributed by atoms with Gasteiger partial charge in [-0.1, -0.05) is 42.5 Å². The largest absolute Gasteiger partial charge is 0.465 e. The van der Waals surface area contributed by atoms with Crippen LogP contribution in [-0.2, 0) is 6.54 Å². The molecule has 0 radical (unpaired) electrons. The third-order valence-electron chi connectivity index (χ3n) is 4.71. The fourth-order valence-electron chi connectivity index (χ4n) is 3.41. The van der Waals surface area contributed by atoms with Crippen LogP contribution in [0.15, 0.2) is 54.6 Å². The highest BCUT2D eigenvalue weighted by Gasteiger charge is 2.38. The van der Waals surface area contributed by atoms with Crippen LogP contribution in [0.4, 0.5) is 9.18 Å². The lowest BCUT2D eigenvalue weighted by Gasteiger charge is -2.26. The first-order valence-electron chi connectivity index (χ1n) is 8.02. The first-order chi connectivity index (χ1) is 11.5. The topological polar surface area (TPSA) is 43.8 Å². The van der Waals surface area contributed by atoms with Gasteiger partial charge in [0.15, 0.2) is 0 Å². The van der Waals surface area contributed by atoms with Gasteiger partial charge < -0.3 is 10.0 Å². The first kappa shape index (κ1) is 16.5. The molecule has 126 valence electrons. The summed E-state index contributed by atoms with van der Waals surface area (Å²) in [7, 11) is 1.61. The van der Waals surface area contributed by atoms with E-state index in [1.165, 1.54) is 22.6 Å². The van der Waals surface area contributed by atoms with Crippen LogP contribution in [0.2, 0.25) is 0 Å². The average molecular weight is 328 g/mol. The Bertz CT molecular complexity index is 690. The first-order valence-corrected chi connectivity index (χ1v) is 8.02. The van der Waals surface area contributed by atoms with Crippen molar-refractivity contribution in [3.05, 3.63) is 71.5 Å². The third kappa shape index (κ3) is 3.57. The Balaban J connectivity index is 1.81. The van der Waals surface area contributed by atoms with Crippen molar-refractivity contribution in [2.45, 2.75) is 18.5 Å². The molecule has 4 nitrogen and oxygen atoms in total. The quantitative estimate of drug-likeness (QED) is 0.935. The molecule has 1 aliphatic rings. The lowest BCUT2D eigenvalue weighted by atomic mass is 9.93. The summed E-state index contributed by atoms with van der Waals surface area (Å²) < 4.78 is 13.2. The van der Waals surface area contributed by atoms with Crippen LogP contribution in [0.5, 0.6) is 0 Å². The van der Waals surface area contributed by atoms with Crippen LogP contribution in [0.25, 0.3) is 0 Å². The van der Waals surface area contributed by atoms with Gasteiger partial charge in [0.25, 0.3) is 0 Å². The minimum absolute atomic E-state index is 0.0374. The molecule has 1 aliphatic heterocycles. The zero-order chi connectivity index (χ0) is 17.1. The molecule has 2 atom stereocenters. The molecule has 1 N–H and O–H groups in total. The lowest BCUT2D eigenvalue weighted by molar-refractivity contribution is 0.135. The smallest absolute Gasteiger partial charge is 0.407 e. The molecule has 1 heterocycles. The second-order valence-corrected chi connectivity index (χ2v) is 6.30. The molecule has 0 spiro atoms. The highest BCUT2D eigenvalue weighted by molar-refractivity contribution is 5.65. The fraction of sp³-hybridized carbons (Fsp3) is 0.316. The number of rotatable bonds is 4. The molecule has 0 aromatic heterocycles. The van der Waals surface area contributed by atoms with Gasteiger partial charge in [0.2, 0.25) is 0 Å². The molecule has 1 amide bonds. The van der Waals surface area contributed by atoms with Crippen LogP contribution in [0.1, 0.15) is 17.0 Å². The number of carbonyl (C=O) groups is 1. The number of carboxylic acid groups (broad SMARTS) is 1. The molecule has 0 aliphatic carbocycles. The fourth-order valence-corrected chi connectivity index (χ4v) is 3.41. The van der Waals surface area contributed by atoms with Gasteiger partial charge in [0, 0.05) is 32.6 Å². The van der Waals surface area contributed by atoms with Gasteiger partial charge in [-0.25, -0.2) is 9.18 Å². The van der Waals surface area contributed by atoms with Crippen molar-refractivity contribution in [3.63, 3.8) is 0 Å². The van der Waals surface area contributed by atoms with E-state index >= 15 is 0 Å². The van der Waals surface area contributed by atoms with Crippen molar-refractivity contribution in [1.29, 1.82) is 0 Å². The minimum atomic E-state index is -0.936. The van der Waals surface area contributed by atoms with Gasteiger partial charge >= 0.3 is 6.09 Å². The van der Waals surface area contributed by atoms with E-state index in [1.807, 2.05) is 18.2 Å². The van der Waals surface area contributed by atoms with E-state index in [1.54, 1.807) is 19.2 Å². The number of likely N-dealkylation sites (tertiary alicyclic amines) is 1. The van der Waals surface area contributed by atoms with Gasteiger partial charge in [-0.15, -0.1) is 0 Å². The standard InChI is InChI=1S/C19H21FN2O2/c1-21(19(23)24)18-13-22(11-14-5-3-2-4-6-14)12-17(18)15-7-9-16(20)10-8-15/h2-10,17-18H,11-13H2,1H3,(H,23,24)/t17-,18+/m0/s1. The Morgan fingerprint density at radius 2 is 1.83 bits per heavy atom.